The lowest BCUT2D eigenvalue weighted by molar-refractivity contribution is -0.137. The highest BCUT2D eigenvalue weighted by Gasteiger charge is 2.31. The minimum absolute atomic E-state index is 0.0152. The third-order valence-electron chi connectivity index (χ3n) is 13.7. The molecule has 8 aromatic rings. The topological polar surface area (TPSA) is 86.6 Å². The largest absolute Gasteiger partial charge is 0.438 e. The van der Waals surface area contributed by atoms with Gasteiger partial charge in [-0.25, -0.2) is 4.98 Å². The van der Waals surface area contributed by atoms with E-state index in [1.54, 1.807) is 6.20 Å². The Labute approximate surface area is 511 Å². The Morgan fingerprint density at radius 2 is 0.941 bits per heavy atom. The van der Waals surface area contributed by atoms with Crippen LogP contribution in [0.25, 0.3) is 11.1 Å². The van der Waals surface area contributed by atoms with Gasteiger partial charge in [0.05, 0.1) is 5.56 Å². The van der Waals surface area contributed by atoms with Crippen LogP contribution in [0, 0.1) is 20.8 Å². The van der Waals surface area contributed by atoms with E-state index in [2.05, 4.69) is 247 Å². The van der Waals surface area contributed by atoms with Crippen molar-refractivity contribution in [1.29, 1.82) is 0 Å². The summed E-state index contributed by atoms with van der Waals surface area (Å²) in [7, 11) is 0. The number of ether oxygens (including phenoxy) is 1. The standard InChI is InChI=1S/C17H21NO.C15H17N.C12H19N.C11H17N.C10H12F3N.C10H15N/c1-12-8-6-10-15(13(12)2)19-16-14(17(3,4)5)9-7-11-18-16;1-15(2,3)14-10-9-13(11-16-14)12-7-5-4-6-8-12;1-9(2)11-7-6-10(8-13-11)12(3,4)5;1-5-9-7-6-8-10(12-9)11(2,3)4;1-9(2,3)8-5-4-7(6-14-8)10(11,12)13;1-8-6-5-7-9(11-8)10(2,3)4/h6-11H,1-5H3;4-11H,1-3H3;6-9H,1-5H3;6-8H,5H2,1-4H3;4-6H,1-3H3;5-7H,1-4H3. The maximum absolute atomic E-state index is 12.2. The zero-order valence-corrected chi connectivity index (χ0v) is 56.0. The minimum Gasteiger partial charge on any atom is -0.438 e. The van der Waals surface area contributed by atoms with Gasteiger partial charge in [0, 0.05) is 97.4 Å². The molecule has 0 saturated heterocycles. The van der Waals surface area contributed by atoms with E-state index in [-0.39, 0.29) is 32.5 Å². The van der Waals surface area contributed by atoms with Gasteiger partial charge in [-0.2, -0.15) is 13.2 Å². The highest BCUT2D eigenvalue weighted by Crippen LogP contribution is 2.35. The Morgan fingerprint density at radius 3 is 1.38 bits per heavy atom. The molecule has 6 heterocycles. The van der Waals surface area contributed by atoms with Gasteiger partial charge in [0.15, 0.2) is 0 Å². The summed E-state index contributed by atoms with van der Waals surface area (Å²) >= 11 is 0. The van der Waals surface area contributed by atoms with Gasteiger partial charge >= 0.3 is 6.18 Å². The number of alkyl halides is 3. The van der Waals surface area contributed by atoms with Gasteiger partial charge in [-0.1, -0.05) is 218 Å². The predicted molar refractivity (Wildman–Crippen MR) is 352 cm³/mol. The summed E-state index contributed by atoms with van der Waals surface area (Å²) in [6, 6.07) is 43.9. The van der Waals surface area contributed by atoms with Crippen molar-refractivity contribution in [3.63, 3.8) is 0 Å². The number of nitrogens with zero attached hydrogens (tertiary/aromatic N) is 6. The van der Waals surface area contributed by atoms with E-state index in [1.807, 2.05) is 82.6 Å². The van der Waals surface area contributed by atoms with Crippen LogP contribution in [0.2, 0.25) is 0 Å². The Balaban J connectivity index is 0.000000270. The highest BCUT2D eigenvalue weighted by atomic mass is 19.4. The summed E-state index contributed by atoms with van der Waals surface area (Å²) in [6.45, 7) is 51.1. The smallest absolute Gasteiger partial charge is 0.417 e. The van der Waals surface area contributed by atoms with Crippen LogP contribution in [0.1, 0.15) is 219 Å². The van der Waals surface area contributed by atoms with E-state index in [1.165, 1.54) is 45.4 Å². The molecule has 8 rings (SSSR count). The summed E-state index contributed by atoms with van der Waals surface area (Å²) < 4.78 is 42.6. The maximum Gasteiger partial charge on any atom is 0.417 e. The molecule has 0 aliphatic heterocycles. The molecule has 2 aromatic carbocycles. The van der Waals surface area contributed by atoms with Gasteiger partial charge < -0.3 is 4.74 Å². The molecule has 0 N–H and O–H groups in total. The molecule has 0 atom stereocenters. The first-order chi connectivity index (χ1) is 39.1. The van der Waals surface area contributed by atoms with E-state index in [9.17, 15) is 13.2 Å². The molecule has 0 radical (unpaired) electrons. The number of rotatable bonds is 5. The van der Waals surface area contributed by atoms with E-state index < -0.39 is 11.7 Å². The molecule has 0 aliphatic rings. The summed E-state index contributed by atoms with van der Waals surface area (Å²) in [6.07, 6.45) is 3.31. The average Bonchev–Trinajstić information content (AvgIpc) is 3.35. The Hall–Kier alpha value is -7.07. The van der Waals surface area contributed by atoms with E-state index >= 15 is 0 Å². The first-order valence-electron chi connectivity index (χ1n) is 29.7. The second kappa shape index (κ2) is 30.8. The Morgan fingerprint density at radius 1 is 0.424 bits per heavy atom. The number of aromatic nitrogens is 6. The van der Waals surface area contributed by atoms with Gasteiger partial charge in [-0.05, 0) is 127 Å². The first kappa shape index (κ1) is 72.2. The van der Waals surface area contributed by atoms with E-state index in [0.29, 0.717) is 17.5 Å². The van der Waals surface area contributed by atoms with Crippen LogP contribution in [0.3, 0.4) is 0 Å². The number of hydrogen-bond acceptors (Lipinski definition) is 7. The van der Waals surface area contributed by atoms with Crippen LogP contribution >= 0.6 is 0 Å². The van der Waals surface area contributed by atoms with Crippen molar-refractivity contribution in [2.24, 2.45) is 0 Å². The molecular formula is C75H101F3N6O. The lowest BCUT2D eigenvalue weighted by Crippen LogP contribution is -2.14. The molecule has 0 bridgehead atoms. The average molecular weight is 1160 g/mol. The maximum atomic E-state index is 12.2. The fourth-order valence-electron chi connectivity index (χ4n) is 7.87. The molecule has 85 heavy (non-hydrogen) atoms. The second-order valence-electron chi connectivity index (χ2n) is 28.0. The minimum atomic E-state index is -4.30. The van der Waals surface area contributed by atoms with E-state index in [4.69, 9.17) is 4.74 Å². The quantitative estimate of drug-likeness (QED) is 0.170. The van der Waals surface area contributed by atoms with Gasteiger partial charge in [-0.15, -0.1) is 0 Å². The molecule has 458 valence electrons. The number of hydrogen-bond donors (Lipinski definition) is 0. The first-order valence-corrected chi connectivity index (χ1v) is 29.7. The fourth-order valence-corrected chi connectivity index (χ4v) is 7.87. The Kier molecular flexibility index (Phi) is 26.2. The number of pyridine rings is 6. The lowest BCUT2D eigenvalue weighted by atomic mass is 9.88. The third-order valence-corrected chi connectivity index (χ3v) is 13.7. The summed E-state index contributed by atoms with van der Waals surface area (Å²) in [5.74, 6) is 2.10. The summed E-state index contributed by atoms with van der Waals surface area (Å²) in [4.78, 5) is 26.2. The molecule has 10 heteroatoms. The molecule has 0 aliphatic carbocycles. The molecule has 6 aromatic heterocycles. The van der Waals surface area contributed by atoms with Crippen molar-refractivity contribution >= 4 is 0 Å². The van der Waals surface area contributed by atoms with Crippen LogP contribution in [0.15, 0.2) is 158 Å². The van der Waals surface area contributed by atoms with Crippen molar-refractivity contribution in [1.82, 2.24) is 29.9 Å². The number of benzene rings is 2. The zero-order valence-electron chi connectivity index (χ0n) is 56.0. The van der Waals surface area contributed by atoms with Crippen LogP contribution in [-0.4, -0.2) is 29.9 Å². The van der Waals surface area contributed by atoms with Crippen LogP contribution in [-0.2, 0) is 45.1 Å². The van der Waals surface area contributed by atoms with Crippen molar-refractivity contribution in [2.75, 3.05) is 0 Å². The number of halogens is 3. The van der Waals surface area contributed by atoms with Gasteiger partial charge in [0.25, 0.3) is 0 Å². The van der Waals surface area contributed by atoms with Gasteiger partial charge in [0.1, 0.15) is 5.75 Å². The summed E-state index contributed by atoms with van der Waals surface area (Å²) in [5, 5.41) is 0. The highest BCUT2D eigenvalue weighted by molar-refractivity contribution is 5.62. The SMILES string of the molecule is CC(C)(C)c1ccc(-c2ccccc2)cn1.CC(C)(C)c1ccc(C(F)(F)F)cn1.CC(C)c1ccc(C(C)(C)C)cn1.CCc1cccc(C(C)(C)C)n1.Cc1cccc(C(C)(C)C)n1.Cc1cccc(Oc2ncccc2C(C)(C)C)c1C. The molecule has 0 saturated carbocycles. The van der Waals surface area contributed by atoms with Gasteiger partial charge in [0.2, 0.25) is 5.88 Å². The molecular weight excluding hydrogens is 1060 g/mol. The molecule has 0 fully saturated rings. The van der Waals surface area contributed by atoms with Crippen molar-refractivity contribution < 1.29 is 17.9 Å². The Bertz CT molecular complexity index is 3200. The second-order valence-corrected chi connectivity index (χ2v) is 28.0. The fraction of sp³-hybridized carbons (Fsp3) is 0.440. The van der Waals surface area contributed by atoms with Crippen molar-refractivity contribution in [2.45, 2.75) is 217 Å². The zero-order chi connectivity index (χ0) is 64.4. The van der Waals surface area contributed by atoms with Crippen molar-refractivity contribution in [3.05, 3.63) is 226 Å². The van der Waals surface area contributed by atoms with Gasteiger partial charge in [-0.3, -0.25) is 24.9 Å². The molecule has 0 amide bonds. The van der Waals surface area contributed by atoms with Crippen LogP contribution < -0.4 is 4.74 Å². The van der Waals surface area contributed by atoms with Crippen LogP contribution in [0.4, 0.5) is 13.2 Å². The normalized spacial score (nSPS) is 11.9. The molecule has 7 nitrogen and oxygen atoms in total. The predicted octanol–water partition coefficient (Wildman–Crippen LogP) is 21.4. The monoisotopic (exact) mass is 1160 g/mol. The van der Waals surface area contributed by atoms with E-state index in [0.717, 1.165) is 52.6 Å². The third kappa shape index (κ3) is 24.8. The molecule has 0 spiro atoms. The van der Waals surface area contributed by atoms with Crippen molar-refractivity contribution in [3.8, 4) is 22.8 Å². The number of aryl methyl sites for hydroxylation is 3. The van der Waals surface area contributed by atoms with Crippen LogP contribution in [0.5, 0.6) is 11.6 Å². The molecule has 0 unspecified atom stereocenters. The summed E-state index contributed by atoms with van der Waals surface area (Å²) in [5.41, 5.74) is 14.6. The lowest BCUT2D eigenvalue weighted by Gasteiger charge is -2.22.